The number of fused-ring (bicyclic) bond motifs is 1. The van der Waals surface area contributed by atoms with Gasteiger partial charge in [-0.1, -0.05) is 35.5 Å². The lowest BCUT2D eigenvalue weighted by Gasteiger charge is -2.13. The number of nitrogens with one attached hydrogen (secondary N) is 1. The number of nitrogens with zero attached hydrogens (tertiary/aromatic N) is 2. The number of ether oxygens (including phenoxy) is 1. The minimum atomic E-state index is -0.779. The van der Waals surface area contributed by atoms with Crippen LogP contribution in [0, 0.1) is 18.8 Å². The number of aliphatic carboxylic acids is 1. The SMILES string of the molecule is Cc1noc(C#Cc2nc3sc(C4(C(=O)O)CC4)cc3s2)c1NC(=O)OC(C)c1ccccc1. The summed E-state index contributed by atoms with van der Waals surface area (Å²) in [5.41, 5.74) is 0.960. The number of aryl methyl sites for hydroxylation is 1. The molecule has 3 aromatic heterocycles. The molecule has 10 heteroatoms. The van der Waals surface area contributed by atoms with Crippen molar-refractivity contribution < 1.29 is 24.0 Å². The fourth-order valence-corrected chi connectivity index (χ4v) is 5.82. The quantitative estimate of drug-likeness (QED) is 0.354. The Hall–Kier alpha value is -3.68. The van der Waals surface area contributed by atoms with Crippen LogP contribution in [0.1, 0.15) is 52.8 Å². The van der Waals surface area contributed by atoms with Crippen molar-refractivity contribution >= 4 is 50.0 Å². The summed E-state index contributed by atoms with van der Waals surface area (Å²) in [4.78, 5) is 30.1. The van der Waals surface area contributed by atoms with Crippen LogP contribution < -0.4 is 5.32 Å². The van der Waals surface area contributed by atoms with Crippen LogP contribution in [0.25, 0.3) is 9.53 Å². The number of carbonyl (C=O) groups excluding carboxylic acids is 1. The second kappa shape index (κ2) is 8.59. The normalized spacial score (nSPS) is 14.8. The Balaban J connectivity index is 1.30. The molecule has 3 heterocycles. The molecule has 0 spiro atoms. The van der Waals surface area contributed by atoms with Gasteiger partial charge in [0.15, 0.2) is 5.01 Å². The van der Waals surface area contributed by atoms with Gasteiger partial charge in [-0.2, -0.15) is 0 Å². The Morgan fingerprint density at radius 3 is 2.68 bits per heavy atom. The molecule has 1 amide bonds. The third-order valence-corrected chi connectivity index (χ3v) is 7.93. The zero-order chi connectivity index (χ0) is 23.9. The molecule has 1 aromatic carbocycles. The van der Waals surface area contributed by atoms with Gasteiger partial charge in [0, 0.05) is 4.88 Å². The molecule has 1 fully saturated rings. The summed E-state index contributed by atoms with van der Waals surface area (Å²) in [5, 5.41) is 16.6. The van der Waals surface area contributed by atoms with Crippen LogP contribution in [0.3, 0.4) is 0 Å². The van der Waals surface area contributed by atoms with Gasteiger partial charge < -0.3 is 14.4 Å². The lowest BCUT2D eigenvalue weighted by atomic mass is 10.1. The van der Waals surface area contributed by atoms with Crippen LogP contribution in [0.4, 0.5) is 10.5 Å². The molecule has 172 valence electrons. The van der Waals surface area contributed by atoms with Gasteiger partial charge in [-0.3, -0.25) is 10.1 Å². The molecule has 34 heavy (non-hydrogen) atoms. The van der Waals surface area contributed by atoms with E-state index in [2.05, 4.69) is 27.3 Å². The largest absolute Gasteiger partial charge is 0.481 e. The van der Waals surface area contributed by atoms with Crippen molar-refractivity contribution in [3.8, 4) is 11.8 Å². The predicted molar refractivity (Wildman–Crippen MR) is 128 cm³/mol. The number of amides is 1. The molecule has 0 radical (unpaired) electrons. The summed E-state index contributed by atoms with van der Waals surface area (Å²) in [7, 11) is 0. The highest BCUT2D eigenvalue weighted by atomic mass is 32.1. The van der Waals surface area contributed by atoms with Crippen LogP contribution in [0.2, 0.25) is 0 Å². The summed E-state index contributed by atoms with van der Waals surface area (Å²) in [5.74, 6) is 5.24. The summed E-state index contributed by atoms with van der Waals surface area (Å²) in [6, 6.07) is 11.3. The average Bonchev–Trinajstić information content (AvgIpc) is 3.26. The van der Waals surface area contributed by atoms with Crippen LogP contribution >= 0.6 is 22.7 Å². The Morgan fingerprint density at radius 2 is 2.00 bits per heavy atom. The van der Waals surface area contributed by atoms with Crippen LogP contribution in [0.5, 0.6) is 0 Å². The minimum Gasteiger partial charge on any atom is -0.481 e. The number of benzene rings is 1. The third kappa shape index (κ3) is 4.16. The van der Waals surface area contributed by atoms with E-state index in [1.54, 1.807) is 13.8 Å². The molecule has 4 aromatic rings. The van der Waals surface area contributed by atoms with Crippen molar-refractivity contribution in [3.63, 3.8) is 0 Å². The lowest BCUT2D eigenvalue weighted by Crippen LogP contribution is -2.17. The molecular weight excluding hydrogens is 474 g/mol. The molecule has 1 aliphatic carbocycles. The van der Waals surface area contributed by atoms with E-state index < -0.39 is 23.6 Å². The monoisotopic (exact) mass is 493 g/mol. The van der Waals surface area contributed by atoms with E-state index in [0.29, 0.717) is 29.2 Å². The highest BCUT2D eigenvalue weighted by Crippen LogP contribution is 2.52. The number of rotatable bonds is 5. The van der Waals surface area contributed by atoms with Gasteiger partial charge in [0.2, 0.25) is 5.76 Å². The number of carboxylic acids is 1. The number of thiophene rings is 1. The third-order valence-electron chi connectivity index (χ3n) is 5.65. The maximum Gasteiger partial charge on any atom is 0.412 e. The van der Waals surface area contributed by atoms with Gasteiger partial charge in [-0.25, -0.2) is 9.78 Å². The van der Waals surface area contributed by atoms with E-state index in [-0.39, 0.29) is 5.76 Å². The van der Waals surface area contributed by atoms with Crippen molar-refractivity contribution in [2.75, 3.05) is 5.32 Å². The molecule has 1 unspecified atom stereocenters. The van der Waals surface area contributed by atoms with E-state index in [1.807, 2.05) is 36.4 Å². The number of hydrogen-bond acceptors (Lipinski definition) is 8. The first-order valence-corrected chi connectivity index (χ1v) is 12.1. The minimum absolute atomic E-state index is 0.198. The van der Waals surface area contributed by atoms with Crippen LogP contribution in [0.15, 0.2) is 40.9 Å². The molecule has 1 aliphatic rings. The molecule has 0 bridgehead atoms. The number of anilines is 1. The Bertz CT molecular complexity index is 1420. The van der Waals surface area contributed by atoms with E-state index in [9.17, 15) is 14.7 Å². The predicted octanol–water partition coefficient (Wildman–Crippen LogP) is 5.48. The standard InChI is InChI=1S/C24H19N3O5S2/c1-13-20(26-23(30)31-14(2)15-6-4-3-5-7-15)16(32-27-13)8-9-19-25-21-17(33-19)12-18(34-21)24(10-11-24)22(28)29/h3-7,12,14H,10-11H2,1-2H3,(H,26,30)(H,28,29). The summed E-state index contributed by atoms with van der Waals surface area (Å²) in [6.07, 6.45) is 0.256. The molecule has 2 N–H and O–H groups in total. The molecule has 1 atom stereocenters. The molecular formula is C24H19N3O5S2. The van der Waals surface area contributed by atoms with E-state index >= 15 is 0 Å². The van der Waals surface area contributed by atoms with Gasteiger partial charge in [-0.05, 0) is 50.2 Å². The first-order chi connectivity index (χ1) is 16.4. The average molecular weight is 494 g/mol. The molecule has 1 saturated carbocycles. The smallest absolute Gasteiger partial charge is 0.412 e. The second-order valence-electron chi connectivity index (χ2n) is 7.99. The number of thiazole rings is 1. The summed E-state index contributed by atoms with van der Waals surface area (Å²) < 4.78 is 11.6. The van der Waals surface area contributed by atoms with Gasteiger partial charge >= 0.3 is 12.1 Å². The second-order valence-corrected chi connectivity index (χ2v) is 10.1. The maximum atomic E-state index is 12.4. The Morgan fingerprint density at radius 1 is 1.24 bits per heavy atom. The molecule has 5 rings (SSSR count). The van der Waals surface area contributed by atoms with Crippen molar-refractivity contribution in [3.05, 3.63) is 63.3 Å². The highest BCUT2D eigenvalue weighted by molar-refractivity contribution is 7.27. The lowest BCUT2D eigenvalue weighted by molar-refractivity contribution is -0.139. The number of carboxylic acid groups (broad SMARTS) is 1. The highest BCUT2D eigenvalue weighted by Gasteiger charge is 2.53. The fraction of sp³-hybridized carbons (Fsp3) is 0.250. The Kier molecular flexibility index (Phi) is 5.59. The van der Waals surface area contributed by atoms with Crippen LogP contribution in [-0.2, 0) is 14.9 Å². The van der Waals surface area contributed by atoms with E-state index in [1.165, 1.54) is 22.7 Å². The summed E-state index contributed by atoms with van der Waals surface area (Å²) >= 11 is 2.78. The van der Waals surface area contributed by atoms with Gasteiger partial charge in [0.25, 0.3) is 0 Å². The van der Waals surface area contributed by atoms with Gasteiger partial charge in [0.1, 0.15) is 27.7 Å². The van der Waals surface area contributed by atoms with Crippen molar-refractivity contribution in [2.24, 2.45) is 0 Å². The topological polar surface area (TPSA) is 115 Å². The van der Waals surface area contributed by atoms with Gasteiger partial charge in [-0.15, -0.1) is 22.7 Å². The van der Waals surface area contributed by atoms with E-state index in [0.717, 1.165) is 20.0 Å². The number of aromatic nitrogens is 2. The van der Waals surface area contributed by atoms with Gasteiger partial charge in [0.05, 0.1) is 4.70 Å². The molecule has 8 nitrogen and oxygen atoms in total. The van der Waals surface area contributed by atoms with Crippen molar-refractivity contribution in [1.82, 2.24) is 10.1 Å². The van der Waals surface area contributed by atoms with Crippen molar-refractivity contribution in [1.29, 1.82) is 0 Å². The van der Waals surface area contributed by atoms with E-state index in [4.69, 9.17) is 9.26 Å². The van der Waals surface area contributed by atoms with Crippen molar-refractivity contribution in [2.45, 2.75) is 38.2 Å². The van der Waals surface area contributed by atoms with Crippen LogP contribution in [-0.4, -0.2) is 27.3 Å². The zero-order valence-corrected chi connectivity index (χ0v) is 19.9. The molecule has 0 aliphatic heterocycles. The zero-order valence-electron chi connectivity index (χ0n) is 18.2. The first-order valence-electron chi connectivity index (χ1n) is 10.5. The molecule has 0 saturated heterocycles. The number of carbonyl (C=O) groups is 2. The Labute approximate surface area is 202 Å². The maximum absolute atomic E-state index is 12.4. The first kappa shape index (κ1) is 22.1. The number of hydrogen-bond donors (Lipinski definition) is 2. The summed E-state index contributed by atoms with van der Waals surface area (Å²) in [6.45, 7) is 3.49. The fourth-order valence-electron chi connectivity index (χ4n) is 3.51.